The van der Waals surface area contributed by atoms with Gasteiger partial charge in [-0.15, -0.1) is 0 Å². The summed E-state index contributed by atoms with van der Waals surface area (Å²) in [5, 5.41) is 0.505. The second-order valence-electron chi connectivity index (χ2n) is 6.67. The number of Topliss-reactive ketones (excluding diaryl/α,β-unsaturated/α-hetero) is 1. The van der Waals surface area contributed by atoms with Crippen LogP contribution in [-0.4, -0.2) is 31.5 Å². The van der Waals surface area contributed by atoms with E-state index < -0.39 is 0 Å². The van der Waals surface area contributed by atoms with Gasteiger partial charge in [-0.05, 0) is 56.7 Å². The molecule has 1 saturated heterocycles. The lowest BCUT2D eigenvalue weighted by Crippen LogP contribution is -2.34. The minimum atomic E-state index is 0.0898. The molecule has 0 N–H and O–H groups in total. The van der Waals surface area contributed by atoms with Gasteiger partial charge in [0, 0.05) is 47.6 Å². The average molecular weight is 368 g/mol. The molecule has 0 aliphatic carbocycles. The van der Waals surface area contributed by atoms with Crippen molar-refractivity contribution < 1.29 is 4.79 Å². The average Bonchev–Trinajstić information content (AvgIpc) is 2.83. The number of carbonyl (C=O) groups excluding carboxylic acids is 1. The summed E-state index contributed by atoms with van der Waals surface area (Å²) in [4.78, 5) is 19.6. The molecule has 1 aliphatic heterocycles. The Hall–Kier alpha value is -2.51. The highest BCUT2D eigenvalue weighted by Gasteiger charge is 2.22. The van der Waals surface area contributed by atoms with Crippen LogP contribution in [0.15, 0.2) is 42.5 Å². The predicted octanol–water partition coefficient (Wildman–Crippen LogP) is 5.20. The van der Waals surface area contributed by atoms with Crippen LogP contribution in [0, 0.1) is 6.57 Å². The van der Waals surface area contributed by atoms with Crippen molar-refractivity contribution in [2.75, 3.05) is 29.4 Å². The van der Waals surface area contributed by atoms with Gasteiger partial charge in [0.15, 0.2) is 5.78 Å². The Morgan fingerprint density at radius 3 is 2.42 bits per heavy atom. The van der Waals surface area contributed by atoms with Crippen molar-refractivity contribution in [3.05, 3.63) is 64.5 Å². The second-order valence-corrected chi connectivity index (χ2v) is 7.08. The highest BCUT2D eigenvalue weighted by Crippen LogP contribution is 2.31. The third kappa shape index (κ3) is 3.84. The van der Waals surface area contributed by atoms with Gasteiger partial charge in [-0.25, -0.2) is 4.85 Å². The van der Waals surface area contributed by atoms with Crippen LogP contribution in [0.2, 0.25) is 5.02 Å². The number of hydrogen-bond acceptors (Lipinski definition) is 3. The molecule has 0 amide bonds. The maximum atomic E-state index is 11.5. The monoisotopic (exact) mass is 367 g/mol. The third-order valence-corrected chi connectivity index (χ3v) is 5.28. The van der Waals surface area contributed by atoms with E-state index in [0.29, 0.717) is 16.8 Å². The third-order valence-electron chi connectivity index (χ3n) is 4.98. The molecular formula is C21H22ClN3O. The normalized spacial score (nSPS) is 17.5. The van der Waals surface area contributed by atoms with Crippen LogP contribution in [0.1, 0.15) is 30.6 Å². The van der Waals surface area contributed by atoms with E-state index in [1.807, 2.05) is 36.4 Å². The van der Waals surface area contributed by atoms with Crippen LogP contribution in [0.4, 0.5) is 17.1 Å². The van der Waals surface area contributed by atoms with Gasteiger partial charge in [0.2, 0.25) is 5.69 Å². The Kier molecular flexibility index (Phi) is 5.49. The molecular weight excluding hydrogens is 346 g/mol. The molecule has 3 rings (SSSR count). The number of halogens is 1. The molecule has 2 aromatic rings. The molecule has 134 valence electrons. The summed E-state index contributed by atoms with van der Waals surface area (Å²) in [6.07, 6.45) is 1.02. The summed E-state index contributed by atoms with van der Waals surface area (Å²) in [7, 11) is 0. The molecule has 1 aliphatic rings. The molecule has 0 bridgehead atoms. The Morgan fingerprint density at radius 1 is 1.12 bits per heavy atom. The fourth-order valence-electron chi connectivity index (χ4n) is 3.37. The molecule has 1 heterocycles. The van der Waals surface area contributed by atoms with Gasteiger partial charge in [-0.2, -0.15) is 0 Å². The van der Waals surface area contributed by atoms with Gasteiger partial charge in [-0.1, -0.05) is 17.7 Å². The molecule has 4 nitrogen and oxygen atoms in total. The Labute approximate surface area is 159 Å². The van der Waals surface area contributed by atoms with Crippen LogP contribution in [0.5, 0.6) is 0 Å². The zero-order valence-electron chi connectivity index (χ0n) is 15.1. The van der Waals surface area contributed by atoms with E-state index in [2.05, 4.69) is 21.6 Å². The van der Waals surface area contributed by atoms with Crippen LogP contribution in [-0.2, 0) is 0 Å². The quantitative estimate of drug-likeness (QED) is 0.551. The van der Waals surface area contributed by atoms with Crippen LogP contribution in [0.25, 0.3) is 4.85 Å². The van der Waals surface area contributed by atoms with Gasteiger partial charge < -0.3 is 9.80 Å². The number of carbonyl (C=O) groups is 1. The van der Waals surface area contributed by atoms with E-state index in [1.54, 1.807) is 13.0 Å². The largest absolute Gasteiger partial charge is 0.370 e. The second kappa shape index (κ2) is 7.80. The molecule has 0 radical (unpaired) electrons. The van der Waals surface area contributed by atoms with Gasteiger partial charge >= 0.3 is 0 Å². The van der Waals surface area contributed by atoms with Gasteiger partial charge in [0.25, 0.3) is 0 Å². The number of rotatable bonds is 3. The zero-order valence-corrected chi connectivity index (χ0v) is 15.8. The van der Waals surface area contributed by atoms with E-state index in [9.17, 15) is 4.79 Å². The topological polar surface area (TPSA) is 27.9 Å². The lowest BCUT2D eigenvalue weighted by Gasteiger charge is -2.29. The molecule has 0 saturated carbocycles. The summed E-state index contributed by atoms with van der Waals surface area (Å²) >= 11 is 6.22. The highest BCUT2D eigenvalue weighted by atomic mass is 35.5. The molecule has 5 heteroatoms. The summed E-state index contributed by atoms with van der Waals surface area (Å²) in [6, 6.07) is 13.9. The maximum absolute atomic E-state index is 11.5. The Morgan fingerprint density at radius 2 is 1.81 bits per heavy atom. The van der Waals surface area contributed by atoms with Crippen LogP contribution >= 0.6 is 11.6 Å². The maximum Gasteiger partial charge on any atom is 0.205 e. The fraction of sp³-hybridized carbons (Fsp3) is 0.333. The lowest BCUT2D eigenvalue weighted by molar-refractivity contribution is 0.101. The highest BCUT2D eigenvalue weighted by molar-refractivity contribution is 6.33. The first-order valence-electron chi connectivity index (χ1n) is 8.79. The summed E-state index contributed by atoms with van der Waals surface area (Å²) in [5.74, 6) is 0.0898. The minimum absolute atomic E-state index is 0.0898. The lowest BCUT2D eigenvalue weighted by atomic mass is 10.1. The van der Waals surface area contributed by atoms with Crippen molar-refractivity contribution in [2.24, 2.45) is 0 Å². The predicted molar refractivity (Wildman–Crippen MR) is 108 cm³/mol. The zero-order chi connectivity index (χ0) is 18.7. The Bertz CT molecular complexity index is 841. The van der Waals surface area contributed by atoms with Crippen molar-refractivity contribution in [2.45, 2.75) is 26.3 Å². The fourth-order valence-corrected chi connectivity index (χ4v) is 3.59. The van der Waals surface area contributed by atoms with Gasteiger partial charge in [0.05, 0.1) is 6.57 Å². The molecule has 2 aromatic carbocycles. The smallest absolute Gasteiger partial charge is 0.205 e. The molecule has 26 heavy (non-hydrogen) atoms. The number of nitrogens with zero attached hydrogens (tertiary/aromatic N) is 3. The minimum Gasteiger partial charge on any atom is -0.370 e. The van der Waals surface area contributed by atoms with Gasteiger partial charge in [0.1, 0.15) is 0 Å². The SMILES string of the molecule is [C-]#[N+]c1ccc(N2CCN(c3ccc(C(C)=O)cc3)CC[C@@H]2C)cc1Cl. The number of ketones is 1. The summed E-state index contributed by atoms with van der Waals surface area (Å²) in [6.45, 7) is 13.7. The van der Waals surface area contributed by atoms with Gasteiger partial charge in [-0.3, -0.25) is 4.79 Å². The van der Waals surface area contributed by atoms with E-state index >= 15 is 0 Å². The molecule has 0 unspecified atom stereocenters. The Balaban J connectivity index is 1.76. The van der Waals surface area contributed by atoms with Crippen LogP contribution in [0.3, 0.4) is 0 Å². The van der Waals surface area contributed by atoms with E-state index in [4.69, 9.17) is 18.2 Å². The van der Waals surface area contributed by atoms with Crippen molar-refractivity contribution in [1.29, 1.82) is 0 Å². The summed E-state index contributed by atoms with van der Waals surface area (Å²) < 4.78 is 0. The van der Waals surface area contributed by atoms with Crippen molar-refractivity contribution in [1.82, 2.24) is 0 Å². The van der Waals surface area contributed by atoms with E-state index in [0.717, 1.165) is 43.0 Å². The molecule has 0 spiro atoms. The summed E-state index contributed by atoms with van der Waals surface area (Å²) in [5.41, 5.74) is 3.44. The molecule has 1 atom stereocenters. The van der Waals surface area contributed by atoms with Crippen molar-refractivity contribution >= 4 is 34.4 Å². The van der Waals surface area contributed by atoms with Crippen molar-refractivity contribution in [3.63, 3.8) is 0 Å². The van der Waals surface area contributed by atoms with E-state index in [-0.39, 0.29) is 5.78 Å². The number of benzene rings is 2. The van der Waals surface area contributed by atoms with Crippen LogP contribution < -0.4 is 9.80 Å². The molecule has 1 fully saturated rings. The first-order chi connectivity index (χ1) is 12.5. The first kappa shape index (κ1) is 18.3. The standard InChI is InChI=1S/C21H22ClN3O/c1-15-10-11-24(18-6-4-17(5-7-18)16(2)26)12-13-25(15)19-8-9-21(23-3)20(22)14-19/h4-9,14-15H,10-13H2,1-2H3/t15-/m0/s1. The van der Waals surface area contributed by atoms with Crippen molar-refractivity contribution in [3.8, 4) is 0 Å². The number of anilines is 2. The number of hydrogen-bond donors (Lipinski definition) is 0. The van der Waals surface area contributed by atoms with E-state index in [1.165, 1.54) is 0 Å². The first-order valence-corrected chi connectivity index (χ1v) is 9.17. The molecule has 0 aromatic heterocycles.